The third-order valence-corrected chi connectivity index (χ3v) is 1.07. The molecule has 0 aromatic carbocycles. The third-order valence-electron chi connectivity index (χ3n) is 1.07. The lowest BCUT2D eigenvalue weighted by molar-refractivity contribution is -0.124. The standard InChI is InChI=1S/C4H6N2O2.CH4/c1-6-3(7)2-5-4(6)8;/h2H2,1H3,(H,5,8);1H4. The van der Waals surface area contributed by atoms with Crippen LogP contribution in [0.2, 0.25) is 0 Å². The van der Waals surface area contributed by atoms with E-state index in [4.69, 9.17) is 0 Å². The Hall–Kier alpha value is -1.06. The van der Waals surface area contributed by atoms with Gasteiger partial charge < -0.3 is 5.32 Å². The van der Waals surface area contributed by atoms with E-state index < -0.39 is 0 Å². The monoisotopic (exact) mass is 130 g/mol. The fourth-order valence-electron chi connectivity index (χ4n) is 0.502. The zero-order valence-corrected chi connectivity index (χ0v) is 4.47. The van der Waals surface area contributed by atoms with Gasteiger partial charge in [0, 0.05) is 7.05 Å². The van der Waals surface area contributed by atoms with Gasteiger partial charge >= 0.3 is 6.03 Å². The molecule has 1 saturated heterocycles. The summed E-state index contributed by atoms with van der Waals surface area (Å²) in [7, 11) is 1.45. The fourth-order valence-corrected chi connectivity index (χ4v) is 0.502. The Morgan fingerprint density at radius 3 is 2.22 bits per heavy atom. The minimum absolute atomic E-state index is 0. The number of rotatable bonds is 0. The molecule has 1 heterocycles. The van der Waals surface area contributed by atoms with Crippen molar-refractivity contribution in [1.82, 2.24) is 10.2 Å². The van der Waals surface area contributed by atoms with Crippen molar-refractivity contribution < 1.29 is 9.59 Å². The first-order valence-electron chi connectivity index (χ1n) is 2.26. The number of likely N-dealkylation sites (N-methyl/N-ethyl adjacent to an activating group) is 1. The molecule has 1 rings (SSSR count). The molecule has 0 bridgehead atoms. The van der Waals surface area contributed by atoms with Gasteiger partial charge in [-0.05, 0) is 0 Å². The van der Waals surface area contributed by atoms with Crippen LogP contribution in [-0.4, -0.2) is 30.4 Å². The summed E-state index contributed by atoms with van der Waals surface area (Å²) < 4.78 is 0. The van der Waals surface area contributed by atoms with Crippen LogP contribution >= 0.6 is 0 Å². The molecule has 1 N–H and O–H groups in total. The van der Waals surface area contributed by atoms with Gasteiger partial charge in [0.2, 0.25) is 5.91 Å². The van der Waals surface area contributed by atoms with Crippen molar-refractivity contribution in [3.05, 3.63) is 0 Å². The van der Waals surface area contributed by atoms with Crippen LogP contribution in [0.1, 0.15) is 7.43 Å². The molecule has 4 heteroatoms. The highest BCUT2D eigenvalue weighted by atomic mass is 16.2. The van der Waals surface area contributed by atoms with Crippen LogP contribution in [0, 0.1) is 0 Å². The second-order valence-electron chi connectivity index (χ2n) is 1.61. The van der Waals surface area contributed by atoms with Crippen LogP contribution in [0.15, 0.2) is 0 Å². The molecule has 4 nitrogen and oxygen atoms in total. The van der Waals surface area contributed by atoms with E-state index in [9.17, 15) is 9.59 Å². The molecule has 0 atom stereocenters. The fraction of sp³-hybridized carbons (Fsp3) is 0.600. The number of hydrogen-bond acceptors (Lipinski definition) is 2. The molecule has 0 saturated carbocycles. The first-order valence-corrected chi connectivity index (χ1v) is 2.26. The summed E-state index contributed by atoms with van der Waals surface area (Å²) in [5, 5.41) is 2.36. The van der Waals surface area contributed by atoms with Crippen LogP contribution in [0.5, 0.6) is 0 Å². The predicted octanol–water partition coefficient (Wildman–Crippen LogP) is -0.196. The lowest BCUT2D eigenvalue weighted by Crippen LogP contribution is -2.25. The molecule has 0 aromatic rings. The highest BCUT2D eigenvalue weighted by Crippen LogP contribution is 1.91. The molecular formula is C5H10N2O2. The maximum atomic E-state index is 10.4. The summed E-state index contributed by atoms with van der Waals surface area (Å²) in [5.41, 5.74) is 0. The number of amides is 3. The second kappa shape index (κ2) is 2.48. The smallest absolute Gasteiger partial charge is 0.324 e. The molecule has 1 fully saturated rings. The van der Waals surface area contributed by atoms with Crippen molar-refractivity contribution in [2.45, 2.75) is 7.43 Å². The van der Waals surface area contributed by atoms with E-state index in [1.54, 1.807) is 0 Å². The third kappa shape index (κ3) is 1.19. The summed E-state index contributed by atoms with van der Waals surface area (Å²) in [6.07, 6.45) is 0. The predicted molar refractivity (Wildman–Crippen MR) is 32.9 cm³/mol. The number of hydrogen-bond donors (Lipinski definition) is 1. The van der Waals surface area contributed by atoms with Crippen molar-refractivity contribution in [1.29, 1.82) is 0 Å². The van der Waals surface area contributed by atoms with Gasteiger partial charge in [0.1, 0.15) is 0 Å². The molecule has 0 unspecified atom stereocenters. The van der Waals surface area contributed by atoms with Crippen LogP contribution in [0.4, 0.5) is 4.79 Å². The highest BCUT2D eigenvalue weighted by molar-refractivity contribution is 6.01. The van der Waals surface area contributed by atoms with Gasteiger partial charge in [0.25, 0.3) is 0 Å². The van der Waals surface area contributed by atoms with Crippen molar-refractivity contribution in [2.24, 2.45) is 0 Å². The molecule has 0 aromatic heterocycles. The number of nitrogens with one attached hydrogen (secondary N) is 1. The van der Waals surface area contributed by atoms with E-state index in [2.05, 4.69) is 5.32 Å². The first kappa shape index (κ1) is 7.94. The molecule has 52 valence electrons. The zero-order chi connectivity index (χ0) is 6.15. The summed E-state index contributed by atoms with van der Waals surface area (Å²) >= 11 is 0. The van der Waals surface area contributed by atoms with Gasteiger partial charge in [-0.15, -0.1) is 0 Å². The highest BCUT2D eigenvalue weighted by Gasteiger charge is 2.23. The van der Waals surface area contributed by atoms with E-state index in [-0.39, 0.29) is 25.9 Å². The Bertz CT molecular complexity index is 128. The maximum absolute atomic E-state index is 10.4. The largest absolute Gasteiger partial charge is 0.329 e. The topological polar surface area (TPSA) is 49.4 Å². The number of carbonyl (C=O) groups excluding carboxylic acids is 2. The van der Waals surface area contributed by atoms with Gasteiger partial charge in [0.05, 0.1) is 6.54 Å². The normalized spacial score (nSPS) is 17.2. The molecule has 3 amide bonds. The summed E-state index contributed by atoms with van der Waals surface area (Å²) in [6.45, 7) is 0.148. The molecule has 0 aliphatic carbocycles. The summed E-state index contributed by atoms with van der Waals surface area (Å²) in [4.78, 5) is 21.9. The SMILES string of the molecule is C.CN1C(=O)CNC1=O. The number of imide groups is 1. The minimum atomic E-state index is -0.310. The van der Waals surface area contributed by atoms with E-state index >= 15 is 0 Å². The number of urea groups is 1. The van der Waals surface area contributed by atoms with E-state index in [0.717, 1.165) is 4.90 Å². The Balaban J connectivity index is 0.000000640. The van der Waals surface area contributed by atoms with Crippen molar-refractivity contribution in [3.8, 4) is 0 Å². The molecule has 0 spiro atoms. The summed E-state index contributed by atoms with van der Waals surface area (Å²) in [5.74, 6) is -0.171. The van der Waals surface area contributed by atoms with Crippen molar-refractivity contribution >= 4 is 11.9 Å². The van der Waals surface area contributed by atoms with Crippen LogP contribution < -0.4 is 5.32 Å². The van der Waals surface area contributed by atoms with Gasteiger partial charge in [-0.2, -0.15) is 0 Å². The van der Waals surface area contributed by atoms with Gasteiger partial charge in [-0.1, -0.05) is 7.43 Å². The molecule has 1 aliphatic heterocycles. The average molecular weight is 130 g/mol. The Morgan fingerprint density at radius 2 is 2.11 bits per heavy atom. The van der Waals surface area contributed by atoms with E-state index in [1.807, 2.05) is 0 Å². The van der Waals surface area contributed by atoms with Gasteiger partial charge in [-0.3, -0.25) is 9.69 Å². The summed E-state index contributed by atoms with van der Waals surface area (Å²) in [6, 6.07) is -0.310. The van der Waals surface area contributed by atoms with Crippen LogP contribution in [0.25, 0.3) is 0 Å². The quantitative estimate of drug-likeness (QED) is 0.462. The minimum Gasteiger partial charge on any atom is -0.329 e. The van der Waals surface area contributed by atoms with Crippen LogP contribution in [-0.2, 0) is 4.79 Å². The second-order valence-corrected chi connectivity index (χ2v) is 1.61. The lowest BCUT2D eigenvalue weighted by Gasteiger charge is -1.99. The number of nitrogens with zero attached hydrogens (tertiary/aromatic N) is 1. The molecule has 1 aliphatic rings. The Kier molecular flexibility index (Phi) is 2.19. The maximum Gasteiger partial charge on any atom is 0.324 e. The lowest BCUT2D eigenvalue weighted by atomic mass is 10.6. The number of carbonyl (C=O) groups is 2. The van der Waals surface area contributed by atoms with Gasteiger partial charge in [0.15, 0.2) is 0 Å². The van der Waals surface area contributed by atoms with Crippen LogP contribution in [0.3, 0.4) is 0 Å². The van der Waals surface area contributed by atoms with Gasteiger partial charge in [-0.25, -0.2) is 4.79 Å². The molecular weight excluding hydrogens is 120 g/mol. The zero-order valence-electron chi connectivity index (χ0n) is 4.47. The average Bonchev–Trinajstić information content (AvgIpc) is 1.98. The molecule has 0 radical (unpaired) electrons. The van der Waals surface area contributed by atoms with Crippen molar-refractivity contribution in [2.75, 3.05) is 13.6 Å². The van der Waals surface area contributed by atoms with E-state index in [1.165, 1.54) is 7.05 Å². The molecule has 9 heavy (non-hydrogen) atoms. The Morgan fingerprint density at radius 1 is 1.56 bits per heavy atom. The van der Waals surface area contributed by atoms with E-state index in [0.29, 0.717) is 0 Å². The van der Waals surface area contributed by atoms with Crippen molar-refractivity contribution in [3.63, 3.8) is 0 Å². The Labute approximate surface area is 53.8 Å². The first-order chi connectivity index (χ1) is 3.72.